The van der Waals surface area contributed by atoms with E-state index in [2.05, 4.69) is 46.9 Å². The molecule has 0 spiro atoms. The average Bonchev–Trinajstić information content (AvgIpc) is 2.76. The molecule has 1 saturated carbocycles. The highest BCUT2D eigenvalue weighted by Gasteiger charge is 2.41. The molecule has 1 aromatic heterocycles. The zero-order valence-corrected chi connectivity index (χ0v) is 13.8. The van der Waals surface area contributed by atoms with Gasteiger partial charge in [0.2, 0.25) is 0 Å². The Balaban J connectivity index is 2.17. The Bertz CT molecular complexity index is 435. The quantitative estimate of drug-likeness (QED) is 0.909. The second-order valence-electron chi connectivity index (χ2n) is 7.53. The van der Waals surface area contributed by atoms with Gasteiger partial charge in [0.05, 0.1) is 5.69 Å². The molecule has 20 heavy (non-hydrogen) atoms. The van der Waals surface area contributed by atoms with Crippen molar-refractivity contribution in [2.24, 2.45) is 23.5 Å². The summed E-state index contributed by atoms with van der Waals surface area (Å²) in [6, 6.07) is 2.56. The van der Waals surface area contributed by atoms with Crippen LogP contribution in [0.4, 0.5) is 0 Å². The van der Waals surface area contributed by atoms with Gasteiger partial charge < -0.3 is 5.73 Å². The predicted octanol–water partition coefficient (Wildman–Crippen LogP) is 3.80. The first kappa shape index (κ1) is 15.6. The molecule has 2 rings (SSSR count). The van der Waals surface area contributed by atoms with Gasteiger partial charge in [-0.05, 0) is 50.5 Å². The summed E-state index contributed by atoms with van der Waals surface area (Å²) in [6.07, 6.45) is 6.72. The molecule has 1 aromatic rings. The Hall–Kier alpha value is -0.830. The van der Waals surface area contributed by atoms with Gasteiger partial charge in [0, 0.05) is 24.2 Å². The molecule has 0 aromatic carbocycles. The van der Waals surface area contributed by atoms with Crippen LogP contribution in [0.2, 0.25) is 0 Å². The van der Waals surface area contributed by atoms with Gasteiger partial charge in [0.15, 0.2) is 0 Å². The zero-order chi connectivity index (χ0) is 14.9. The topological polar surface area (TPSA) is 43.8 Å². The molecule has 1 fully saturated rings. The lowest BCUT2D eigenvalue weighted by atomic mass is 9.64. The summed E-state index contributed by atoms with van der Waals surface area (Å²) in [7, 11) is 0. The van der Waals surface area contributed by atoms with E-state index in [1.807, 2.05) is 4.68 Å². The molecule has 0 aliphatic heterocycles. The lowest BCUT2D eigenvalue weighted by Crippen LogP contribution is -2.54. The van der Waals surface area contributed by atoms with Crippen molar-refractivity contribution in [3.05, 3.63) is 18.0 Å². The van der Waals surface area contributed by atoms with Gasteiger partial charge in [-0.3, -0.25) is 4.68 Å². The van der Waals surface area contributed by atoms with Gasteiger partial charge in [-0.25, -0.2) is 0 Å². The van der Waals surface area contributed by atoms with Crippen molar-refractivity contribution in [1.29, 1.82) is 0 Å². The van der Waals surface area contributed by atoms with Gasteiger partial charge in [-0.15, -0.1) is 0 Å². The molecule has 3 unspecified atom stereocenters. The molecule has 114 valence electrons. The van der Waals surface area contributed by atoms with E-state index in [4.69, 9.17) is 10.8 Å². The number of rotatable bonds is 4. The van der Waals surface area contributed by atoms with Crippen molar-refractivity contribution >= 4 is 0 Å². The van der Waals surface area contributed by atoms with Crippen molar-refractivity contribution in [3.63, 3.8) is 0 Å². The molecule has 2 N–H and O–H groups in total. The summed E-state index contributed by atoms with van der Waals surface area (Å²) in [6.45, 7) is 11.3. The van der Waals surface area contributed by atoms with E-state index >= 15 is 0 Å². The molecule has 0 amide bonds. The number of aromatic nitrogens is 2. The third-order valence-electron chi connectivity index (χ3n) is 4.95. The summed E-state index contributed by atoms with van der Waals surface area (Å²) in [5.41, 5.74) is 7.94. The van der Waals surface area contributed by atoms with E-state index in [-0.39, 0.29) is 5.54 Å². The number of nitrogens with two attached hydrogens (primary N) is 1. The highest BCUT2D eigenvalue weighted by Crippen LogP contribution is 2.41. The fourth-order valence-electron chi connectivity index (χ4n) is 3.95. The summed E-state index contributed by atoms with van der Waals surface area (Å²) in [4.78, 5) is 0. The van der Waals surface area contributed by atoms with E-state index in [0.29, 0.717) is 17.9 Å². The Morgan fingerprint density at radius 3 is 2.60 bits per heavy atom. The maximum absolute atomic E-state index is 6.86. The molecule has 1 aliphatic carbocycles. The lowest BCUT2D eigenvalue weighted by molar-refractivity contribution is 0.108. The summed E-state index contributed by atoms with van der Waals surface area (Å²) in [5.74, 6) is 2.00. The fourth-order valence-corrected chi connectivity index (χ4v) is 3.95. The SMILES string of the molecule is CC1CCC(C(C)C)C(N)(Cc2ccn(C(C)C)n2)C1. The molecule has 0 bridgehead atoms. The van der Waals surface area contributed by atoms with Crippen molar-refractivity contribution < 1.29 is 0 Å². The number of hydrogen-bond acceptors (Lipinski definition) is 2. The van der Waals surface area contributed by atoms with Crippen LogP contribution in [0.15, 0.2) is 12.3 Å². The molecular weight excluding hydrogens is 246 g/mol. The Morgan fingerprint density at radius 1 is 1.35 bits per heavy atom. The van der Waals surface area contributed by atoms with Crippen LogP contribution in [0.5, 0.6) is 0 Å². The van der Waals surface area contributed by atoms with Crippen LogP contribution in [-0.2, 0) is 6.42 Å². The van der Waals surface area contributed by atoms with Crippen LogP contribution in [-0.4, -0.2) is 15.3 Å². The van der Waals surface area contributed by atoms with Crippen molar-refractivity contribution in [2.75, 3.05) is 0 Å². The second kappa shape index (κ2) is 5.88. The average molecular weight is 277 g/mol. The van der Waals surface area contributed by atoms with E-state index < -0.39 is 0 Å². The fraction of sp³-hybridized carbons (Fsp3) is 0.824. The van der Waals surface area contributed by atoms with Crippen LogP contribution in [0.25, 0.3) is 0 Å². The molecule has 0 radical (unpaired) electrons. The molecule has 3 heteroatoms. The molecular formula is C17H31N3. The van der Waals surface area contributed by atoms with Gasteiger partial charge >= 0.3 is 0 Å². The van der Waals surface area contributed by atoms with Crippen molar-refractivity contribution in [2.45, 2.75) is 71.9 Å². The highest BCUT2D eigenvalue weighted by atomic mass is 15.3. The minimum atomic E-state index is -0.0814. The van der Waals surface area contributed by atoms with E-state index in [1.165, 1.54) is 12.8 Å². The smallest absolute Gasteiger partial charge is 0.0643 e. The molecule has 1 heterocycles. The minimum Gasteiger partial charge on any atom is -0.324 e. The first-order valence-corrected chi connectivity index (χ1v) is 8.14. The van der Waals surface area contributed by atoms with Crippen LogP contribution in [0.1, 0.15) is 65.6 Å². The van der Waals surface area contributed by atoms with Crippen LogP contribution in [0, 0.1) is 17.8 Å². The Morgan fingerprint density at radius 2 is 2.05 bits per heavy atom. The molecule has 1 aliphatic rings. The third kappa shape index (κ3) is 3.25. The lowest BCUT2D eigenvalue weighted by Gasteiger charge is -2.45. The molecule has 0 saturated heterocycles. The van der Waals surface area contributed by atoms with Crippen molar-refractivity contribution in [1.82, 2.24) is 9.78 Å². The summed E-state index contributed by atoms with van der Waals surface area (Å²) < 4.78 is 2.04. The van der Waals surface area contributed by atoms with Gasteiger partial charge in [-0.1, -0.05) is 27.2 Å². The predicted molar refractivity (Wildman–Crippen MR) is 84.6 cm³/mol. The van der Waals surface area contributed by atoms with Gasteiger partial charge in [0.25, 0.3) is 0 Å². The normalized spacial score (nSPS) is 31.2. The summed E-state index contributed by atoms with van der Waals surface area (Å²) >= 11 is 0. The van der Waals surface area contributed by atoms with Gasteiger partial charge in [-0.2, -0.15) is 5.10 Å². The maximum atomic E-state index is 6.86. The van der Waals surface area contributed by atoms with E-state index in [9.17, 15) is 0 Å². The van der Waals surface area contributed by atoms with Crippen LogP contribution in [0.3, 0.4) is 0 Å². The molecule has 3 nitrogen and oxygen atoms in total. The number of hydrogen-bond donors (Lipinski definition) is 1. The Labute approximate surface area is 123 Å². The monoisotopic (exact) mass is 277 g/mol. The largest absolute Gasteiger partial charge is 0.324 e. The summed E-state index contributed by atoms with van der Waals surface area (Å²) in [5, 5.41) is 4.70. The first-order chi connectivity index (χ1) is 9.32. The van der Waals surface area contributed by atoms with Crippen LogP contribution < -0.4 is 5.73 Å². The van der Waals surface area contributed by atoms with Crippen molar-refractivity contribution in [3.8, 4) is 0 Å². The highest BCUT2D eigenvalue weighted by molar-refractivity contribution is 5.09. The van der Waals surface area contributed by atoms with E-state index in [0.717, 1.165) is 24.5 Å². The maximum Gasteiger partial charge on any atom is 0.0643 e. The number of nitrogens with zero attached hydrogens (tertiary/aromatic N) is 2. The third-order valence-corrected chi connectivity index (χ3v) is 4.95. The molecule has 3 atom stereocenters. The zero-order valence-electron chi connectivity index (χ0n) is 13.8. The van der Waals surface area contributed by atoms with E-state index in [1.54, 1.807) is 0 Å². The first-order valence-electron chi connectivity index (χ1n) is 8.14. The standard InChI is InChI=1S/C17H31N3/c1-12(2)16-7-6-14(5)10-17(16,18)11-15-8-9-20(19-15)13(3)4/h8-9,12-14,16H,6-7,10-11,18H2,1-5H3. The minimum absolute atomic E-state index is 0.0814. The second-order valence-corrected chi connectivity index (χ2v) is 7.53. The van der Waals surface area contributed by atoms with Gasteiger partial charge in [0.1, 0.15) is 0 Å². The van der Waals surface area contributed by atoms with Crippen LogP contribution >= 0.6 is 0 Å². The Kier molecular flexibility index (Phi) is 4.58.